The van der Waals surface area contributed by atoms with Gasteiger partial charge in [0.05, 0.1) is 12.1 Å². The Hall–Kier alpha value is -2.35. The second-order valence-electron chi connectivity index (χ2n) is 8.21. The van der Waals surface area contributed by atoms with E-state index in [0.717, 1.165) is 55.7 Å². The van der Waals surface area contributed by atoms with Crippen LogP contribution in [0.3, 0.4) is 0 Å². The predicted octanol–water partition coefficient (Wildman–Crippen LogP) is 4.03. The average molecular weight is 422 g/mol. The van der Waals surface area contributed by atoms with Crippen LogP contribution in [0.4, 0.5) is 13.2 Å². The van der Waals surface area contributed by atoms with Crippen molar-refractivity contribution in [2.45, 2.75) is 44.9 Å². The molecule has 0 atom stereocenters. The van der Waals surface area contributed by atoms with Crippen LogP contribution in [0.2, 0.25) is 0 Å². The highest BCUT2D eigenvalue weighted by molar-refractivity contribution is 5.79. The Morgan fingerprint density at radius 2 is 1.80 bits per heavy atom. The minimum Gasteiger partial charge on any atom is -0.334 e. The van der Waals surface area contributed by atoms with Gasteiger partial charge in [-0.25, -0.2) is 4.98 Å². The fourth-order valence-corrected chi connectivity index (χ4v) is 3.82. The zero-order valence-corrected chi connectivity index (χ0v) is 17.5. The van der Waals surface area contributed by atoms with Crippen molar-refractivity contribution >= 4 is 5.91 Å². The Morgan fingerprint density at radius 1 is 1.13 bits per heavy atom. The van der Waals surface area contributed by atoms with Gasteiger partial charge in [-0.3, -0.25) is 4.79 Å². The number of nitrogens with zero attached hydrogens (tertiary/aromatic N) is 4. The normalized spacial score (nSPS) is 15.1. The summed E-state index contributed by atoms with van der Waals surface area (Å²) in [7, 11) is 3.95. The summed E-state index contributed by atoms with van der Waals surface area (Å²) in [5.41, 5.74) is 0.0957. The number of halogens is 3. The zero-order chi connectivity index (χ0) is 21.7. The number of carbonyl (C=O) groups is 1. The molecule has 1 fully saturated rings. The van der Waals surface area contributed by atoms with E-state index in [1.54, 1.807) is 12.4 Å². The molecule has 5 nitrogen and oxygen atoms in total. The van der Waals surface area contributed by atoms with Crippen molar-refractivity contribution in [1.29, 1.82) is 0 Å². The lowest BCUT2D eigenvalue weighted by molar-refractivity contribution is -0.137. The molecule has 2 aromatic rings. The summed E-state index contributed by atoms with van der Waals surface area (Å²) in [6, 6.07) is 5.16. The minimum absolute atomic E-state index is 0.0884. The third-order valence-electron chi connectivity index (χ3n) is 5.60. The van der Waals surface area contributed by atoms with E-state index in [1.165, 1.54) is 12.1 Å². The second kappa shape index (κ2) is 9.64. The smallest absolute Gasteiger partial charge is 0.334 e. The molecule has 1 aliphatic carbocycles. The van der Waals surface area contributed by atoms with E-state index < -0.39 is 11.7 Å². The summed E-state index contributed by atoms with van der Waals surface area (Å²) >= 11 is 0. The molecule has 1 aliphatic rings. The zero-order valence-electron chi connectivity index (χ0n) is 17.5. The lowest BCUT2D eigenvalue weighted by Gasteiger charge is -2.27. The van der Waals surface area contributed by atoms with Crippen LogP contribution in [0, 0.1) is 5.92 Å². The van der Waals surface area contributed by atoms with Crippen molar-refractivity contribution in [3.63, 3.8) is 0 Å². The maximum absolute atomic E-state index is 13.0. The number of hydrogen-bond donors (Lipinski definition) is 0. The van der Waals surface area contributed by atoms with Gasteiger partial charge in [-0.05, 0) is 44.6 Å². The number of benzene rings is 1. The monoisotopic (exact) mass is 422 g/mol. The molecule has 30 heavy (non-hydrogen) atoms. The van der Waals surface area contributed by atoms with Gasteiger partial charge in [-0.1, -0.05) is 25.0 Å². The van der Waals surface area contributed by atoms with E-state index in [9.17, 15) is 18.0 Å². The first-order valence-corrected chi connectivity index (χ1v) is 10.3. The molecule has 0 radical (unpaired) electrons. The van der Waals surface area contributed by atoms with Crippen LogP contribution in [0.1, 0.15) is 42.6 Å². The van der Waals surface area contributed by atoms with E-state index in [2.05, 4.69) is 4.98 Å². The summed E-state index contributed by atoms with van der Waals surface area (Å²) in [6.45, 7) is 2.19. The molecule has 0 saturated heterocycles. The molecule has 1 amide bonds. The Bertz CT molecular complexity index is 824. The molecular weight excluding hydrogens is 393 g/mol. The fourth-order valence-electron chi connectivity index (χ4n) is 3.82. The highest BCUT2D eigenvalue weighted by atomic mass is 19.4. The Balaban J connectivity index is 1.71. The van der Waals surface area contributed by atoms with Gasteiger partial charge in [0.2, 0.25) is 5.91 Å². The number of carbonyl (C=O) groups excluding carboxylic acids is 1. The molecule has 1 aromatic carbocycles. The molecule has 1 heterocycles. The average Bonchev–Trinajstić information content (AvgIpc) is 3.36. The van der Waals surface area contributed by atoms with Crippen LogP contribution in [0.15, 0.2) is 36.7 Å². The van der Waals surface area contributed by atoms with Gasteiger partial charge < -0.3 is 14.4 Å². The molecule has 0 spiro atoms. The lowest BCUT2D eigenvalue weighted by atomic mass is 10.1. The van der Waals surface area contributed by atoms with E-state index >= 15 is 0 Å². The van der Waals surface area contributed by atoms with E-state index in [0.29, 0.717) is 19.6 Å². The summed E-state index contributed by atoms with van der Waals surface area (Å²) < 4.78 is 40.2. The van der Waals surface area contributed by atoms with E-state index in [1.807, 2.05) is 28.5 Å². The number of alkyl halides is 3. The van der Waals surface area contributed by atoms with Crippen molar-refractivity contribution in [2.24, 2.45) is 5.92 Å². The predicted molar refractivity (Wildman–Crippen MR) is 109 cm³/mol. The topological polar surface area (TPSA) is 41.4 Å². The third kappa shape index (κ3) is 5.84. The van der Waals surface area contributed by atoms with Crippen molar-refractivity contribution in [3.8, 4) is 0 Å². The van der Waals surface area contributed by atoms with Crippen LogP contribution in [0.5, 0.6) is 0 Å². The summed E-state index contributed by atoms with van der Waals surface area (Å²) in [6.07, 6.45) is 3.21. The molecule has 0 unspecified atom stereocenters. The maximum atomic E-state index is 13.0. The Kier molecular flexibility index (Phi) is 7.18. The SMILES string of the molecule is CN(C)CCN(Cc1nccn1Cc1ccc(C(F)(F)F)cc1)C(=O)C1CCCC1. The van der Waals surface area contributed by atoms with Crippen molar-refractivity contribution < 1.29 is 18.0 Å². The number of aromatic nitrogens is 2. The van der Waals surface area contributed by atoms with Gasteiger partial charge in [0, 0.05) is 37.9 Å². The van der Waals surface area contributed by atoms with Gasteiger partial charge in [-0.15, -0.1) is 0 Å². The van der Waals surface area contributed by atoms with Crippen molar-refractivity contribution in [2.75, 3.05) is 27.2 Å². The van der Waals surface area contributed by atoms with Crippen LogP contribution in [0.25, 0.3) is 0 Å². The van der Waals surface area contributed by atoms with Crippen LogP contribution in [-0.4, -0.2) is 52.4 Å². The van der Waals surface area contributed by atoms with E-state index in [-0.39, 0.29) is 11.8 Å². The van der Waals surface area contributed by atoms with E-state index in [4.69, 9.17) is 0 Å². The van der Waals surface area contributed by atoms with Gasteiger partial charge in [-0.2, -0.15) is 13.2 Å². The van der Waals surface area contributed by atoms with Gasteiger partial charge in [0.1, 0.15) is 5.82 Å². The van der Waals surface area contributed by atoms with Crippen molar-refractivity contribution in [3.05, 3.63) is 53.6 Å². The Morgan fingerprint density at radius 3 is 2.40 bits per heavy atom. The van der Waals surface area contributed by atoms with Crippen molar-refractivity contribution in [1.82, 2.24) is 19.4 Å². The quantitative estimate of drug-likeness (QED) is 0.645. The highest BCUT2D eigenvalue weighted by Crippen LogP contribution is 2.29. The molecule has 164 valence electrons. The largest absolute Gasteiger partial charge is 0.416 e. The third-order valence-corrected chi connectivity index (χ3v) is 5.60. The number of rotatable bonds is 8. The number of amides is 1. The first kappa shape index (κ1) is 22.3. The molecule has 0 bridgehead atoms. The van der Waals surface area contributed by atoms with Gasteiger partial charge >= 0.3 is 6.18 Å². The molecule has 1 saturated carbocycles. The maximum Gasteiger partial charge on any atom is 0.416 e. The van der Waals surface area contributed by atoms with Crippen LogP contribution >= 0.6 is 0 Å². The molecule has 1 aromatic heterocycles. The number of imidazole rings is 1. The second-order valence-corrected chi connectivity index (χ2v) is 8.21. The standard InChI is InChI=1S/C22H29F3N4O/c1-27(2)13-14-29(21(30)18-5-3-4-6-18)16-20-26-11-12-28(20)15-17-7-9-19(10-8-17)22(23,24)25/h7-12,18H,3-6,13-16H2,1-2H3. The van der Waals surface area contributed by atoms with Crippen LogP contribution in [-0.2, 0) is 24.1 Å². The molecule has 3 rings (SSSR count). The Labute approximate surface area is 175 Å². The van der Waals surface area contributed by atoms with Gasteiger partial charge in [0.25, 0.3) is 0 Å². The minimum atomic E-state index is -4.34. The fraction of sp³-hybridized carbons (Fsp3) is 0.545. The first-order valence-electron chi connectivity index (χ1n) is 10.3. The molecule has 0 aliphatic heterocycles. The molecular formula is C22H29F3N4O. The van der Waals surface area contributed by atoms with Crippen LogP contribution < -0.4 is 0 Å². The number of likely N-dealkylation sites (N-methyl/N-ethyl adjacent to an activating group) is 1. The summed E-state index contributed by atoms with van der Waals surface area (Å²) in [5, 5.41) is 0. The summed E-state index contributed by atoms with van der Waals surface area (Å²) in [4.78, 5) is 21.4. The molecule has 8 heteroatoms. The summed E-state index contributed by atoms with van der Waals surface area (Å²) in [5.74, 6) is 1.00. The number of hydrogen-bond acceptors (Lipinski definition) is 3. The highest BCUT2D eigenvalue weighted by Gasteiger charge is 2.30. The lowest BCUT2D eigenvalue weighted by Crippen LogP contribution is -2.39. The van der Waals surface area contributed by atoms with Gasteiger partial charge in [0.15, 0.2) is 0 Å². The first-order chi connectivity index (χ1) is 14.2. The molecule has 0 N–H and O–H groups in total.